The Morgan fingerprint density at radius 3 is 2.62 bits per heavy atom. The van der Waals surface area contributed by atoms with Crippen molar-refractivity contribution in [1.82, 2.24) is 20.4 Å². The molecule has 1 N–H and O–H groups in total. The first-order chi connectivity index (χ1) is 11.6. The highest BCUT2D eigenvalue weighted by Crippen LogP contribution is 2.23. The fourth-order valence-corrected chi connectivity index (χ4v) is 2.70. The summed E-state index contributed by atoms with van der Waals surface area (Å²) in [5.41, 5.74) is 2.05. The molecule has 3 rings (SSSR count). The van der Waals surface area contributed by atoms with Gasteiger partial charge in [0.15, 0.2) is 0 Å². The van der Waals surface area contributed by atoms with Crippen LogP contribution >= 0.6 is 0 Å². The van der Waals surface area contributed by atoms with Crippen LogP contribution in [0.15, 0.2) is 28.8 Å². The highest BCUT2D eigenvalue weighted by Gasteiger charge is 2.17. The summed E-state index contributed by atoms with van der Waals surface area (Å²) in [6, 6.07) is 8.06. The molecule has 0 spiro atoms. The molecule has 0 unspecified atom stereocenters. The standard InChI is InChI=1S/C17H23N5O2/c1-21(2)12-9-18-16(23)17-19-15(20-24-17)13-5-7-14(8-6-13)22-10-3-4-11-22/h5-8H,3-4,9-12H2,1-2H3,(H,18,23). The number of amides is 1. The number of rotatable bonds is 6. The molecule has 1 aliphatic rings. The topological polar surface area (TPSA) is 74.5 Å². The second-order valence-corrected chi connectivity index (χ2v) is 6.22. The van der Waals surface area contributed by atoms with Gasteiger partial charge in [0.1, 0.15) is 0 Å². The fraction of sp³-hybridized carbons (Fsp3) is 0.471. The number of anilines is 1. The Bertz CT molecular complexity index is 675. The van der Waals surface area contributed by atoms with Gasteiger partial charge in [-0.05, 0) is 51.2 Å². The molecule has 2 aromatic rings. The van der Waals surface area contributed by atoms with Gasteiger partial charge in [0.05, 0.1) is 0 Å². The first-order valence-corrected chi connectivity index (χ1v) is 8.25. The van der Waals surface area contributed by atoms with Gasteiger partial charge in [0.25, 0.3) is 0 Å². The lowest BCUT2D eigenvalue weighted by atomic mass is 10.2. The summed E-state index contributed by atoms with van der Waals surface area (Å²) in [5, 5.41) is 6.66. The SMILES string of the molecule is CN(C)CCNC(=O)c1nc(-c2ccc(N3CCCC3)cc2)no1. The number of hydrogen-bond donors (Lipinski definition) is 1. The first-order valence-electron chi connectivity index (χ1n) is 8.25. The van der Waals surface area contributed by atoms with Gasteiger partial charge in [-0.15, -0.1) is 0 Å². The van der Waals surface area contributed by atoms with Crippen molar-refractivity contribution in [2.24, 2.45) is 0 Å². The molecule has 1 aromatic heterocycles. The van der Waals surface area contributed by atoms with Crippen molar-refractivity contribution < 1.29 is 9.32 Å². The molecule has 128 valence electrons. The van der Waals surface area contributed by atoms with Crippen molar-refractivity contribution in [3.05, 3.63) is 30.2 Å². The maximum Gasteiger partial charge on any atom is 0.316 e. The molecular formula is C17H23N5O2. The molecule has 1 fully saturated rings. The molecule has 7 heteroatoms. The number of carbonyl (C=O) groups excluding carboxylic acids is 1. The molecule has 7 nitrogen and oxygen atoms in total. The van der Waals surface area contributed by atoms with Crippen LogP contribution in [-0.2, 0) is 0 Å². The van der Waals surface area contributed by atoms with E-state index in [9.17, 15) is 4.79 Å². The molecule has 0 saturated carbocycles. The smallest absolute Gasteiger partial charge is 0.316 e. The predicted octanol–water partition coefficient (Wildman–Crippen LogP) is 1.63. The number of aromatic nitrogens is 2. The van der Waals surface area contributed by atoms with Gasteiger partial charge < -0.3 is 19.6 Å². The second kappa shape index (κ2) is 7.44. The predicted molar refractivity (Wildman–Crippen MR) is 92.1 cm³/mol. The van der Waals surface area contributed by atoms with Crippen LogP contribution in [0.5, 0.6) is 0 Å². The van der Waals surface area contributed by atoms with E-state index >= 15 is 0 Å². The summed E-state index contributed by atoms with van der Waals surface area (Å²) in [6.45, 7) is 3.51. The van der Waals surface area contributed by atoms with Gasteiger partial charge in [0, 0.05) is 37.4 Å². The molecule has 1 aliphatic heterocycles. The van der Waals surface area contributed by atoms with E-state index in [4.69, 9.17) is 4.52 Å². The van der Waals surface area contributed by atoms with Gasteiger partial charge in [-0.1, -0.05) is 5.16 Å². The Hall–Kier alpha value is -2.41. The molecule has 24 heavy (non-hydrogen) atoms. The van der Waals surface area contributed by atoms with Gasteiger partial charge >= 0.3 is 11.8 Å². The Balaban J connectivity index is 1.63. The molecular weight excluding hydrogens is 306 g/mol. The van der Waals surface area contributed by atoms with Crippen LogP contribution in [0.25, 0.3) is 11.4 Å². The zero-order chi connectivity index (χ0) is 16.9. The van der Waals surface area contributed by atoms with E-state index in [1.54, 1.807) is 0 Å². The van der Waals surface area contributed by atoms with Crippen molar-refractivity contribution in [2.75, 3.05) is 45.2 Å². The Morgan fingerprint density at radius 1 is 1.25 bits per heavy atom. The van der Waals surface area contributed by atoms with Crippen LogP contribution in [0.1, 0.15) is 23.5 Å². The van der Waals surface area contributed by atoms with Crippen LogP contribution in [-0.4, -0.2) is 61.2 Å². The van der Waals surface area contributed by atoms with E-state index < -0.39 is 0 Å². The molecule has 0 atom stereocenters. The normalized spacial score (nSPS) is 14.4. The van der Waals surface area contributed by atoms with Gasteiger partial charge in [0.2, 0.25) is 5.82 Å². The van der Waals surface area contributed by atoms with Crippen LogP contribution < -0.4 is 10.2 Å². The third-order valence-corrected chi connectivity index (χ3v) is 4.06. The molecule has 1 saturated heterocycles. The van der Waals surface area contributed by atoms with Gasteiger partial charge in [-0.2, -0.15) is 4.98 Å². The summed E-state index contributed by atoms with van der Waals surface area (Å²) >= 11 is 0. The molecule has 1 amide bonds. The lowest BCUT2D eigenvalue weighted by Crippen LogP contribution is -2.31. The number of nitrogens with zero attached hydrogens (tertiary/aromatic N) is 4. The number of benzene rings is 1. The van der Waals surface area contributed by atoms with E-state index in [0.717, 1.165) is 25.2 Å². The van der Waals surface area contributed by atoms with E-state index in [1.165, 1.54) is 18.5 Å². The third kappa shape index (κ3) is 3.91. The molecule has 0 bridgehead atoms. The lowest BCUT2D eigenvalue weighted by molar-refractivity contribution is 0.0907. The fourth-order valence-electron chi connectivity index (χ4n) is 2.70. The highest BCUT2D eigenvalue weighted by atomic mass is 16.5. The summed E-state index contributed by atoms with van der Waals surface area (Å²) in [6.07, 6.45) is 2.50. The monoisotopic (exact) mass is 329 g/mol. The first kappa shape index (κ1) is 16.4. The zero-order valence-corrected chi connectivity index (χ0v) is 14.2. The summed E-state index contributed by atoms with van der Waals surface area (Å²) < 4.78 is 5.07. The average molecular weight is 329 g/mol. The summed E-state index contributed by atoms with van der Waals surface area (Å²) in [5.74, 6) is 0.0809. The zero-order valence-electron chi connectivity index (χ0n) is 14.2. The minimum absolute atomic E-state index is 0.00706. The Morgan fingerprint density at radius 2 is 1.96 bits per heavy atom. The van der Waals surface area contributed by atoms with Crippen molar-refractivity contribution >= 4 is 11.6 Å². The van der Waals surface area contributed by atoms with Crippen LogP contribution in [0, 0.1) is 0 Å². The van der Waals surface area contributed by atoms with Gasteiger partial charge in [-0.3, -0.25) is 4.79 Å². The van der Waals surface area contributed by atoms with E-state index in [1.807, 2.05) is 31.1 Å². The minimum atomic E-state index is -0.343. The molecule has 0 aliphatic carbocycles. The van der Waals surface area contributed by atoms with Crippen LogP contribution in [0.4, 0.5) is 5.69 Å². The molecule has 1 aromatic carbocycles. The average Bonchev–Trinajstić information content (AvgIpc) is 3.26. The lowest BCUT2D eigenvalue weighted by Gasteiger charge is -2.17. The van der Waals surface area contributed by atoms with E-state index in [0.29, 0.717) is 12.4 Å². The number of likely N-dealkylation sites (N-methyl/N-ethyl adjacent to an activating group) is 1. The van der Waals surface area contributed by atoms with Crippen LogP contribution in [0.3, 0.4) is 0 Å². The second-order valence-electron chi connectivity index (χ2n) is 6.22. The molecule has 0 radical (unpaired) electrons. The van der Waals surface area contributed by atoms with Crippen LogP contribution in [0.2, 0.25) is 0 Å². The van der Waals surface area contributed by atoms with Gasteiger partial charge in [-0.25, -0.2) is 0 Å². The van der Waals surface area contributed by atoms with Crippen molar-refractivity contribution in [3.63, 3.8) is 0 Å². The van der Waals surface area contributed by atoms with E-state index in [2.05, 4.69) is 32.5 Å². The van der Waals surface area contributed by atoms with Crippen molar-refractivity contribution in [3.8, 4) is 11.4 Å². The maximum atomic E-state index is 12.0. The van der Waals surface area contributed by atoms with Crippen molar-refractivity contribution in [1.29, 1.82) is 0 Å². The maximum absolute atomic E-state index is 12.0. The summed E-state index contributed by atoms with van der Waals surface area (Å²) in [4.78, 5) is 20.5. The van der Waals surface area contributed by atoms with E-state index in [-0.39, 0.29) is 11.8 Å². The quantitative estimate of drug-likeness (QED) is 0.868. The minimum Gasteiger partial charge on any atom is -0.372 e. The Kier molecular flexibility index (Phi) is 5.10. The number of carbonyl (C=O) groups is 1. The molecule has 2 heterocycles. The Labute approximate surface area is 141 Å². The van der Waals surface area contributed by atoms with Crippen molar-refractivity contribution in [2.45, 2.75) is 12.8 Å². The largest absolute Gasteiger partial charge is 0.372 e. The highest BCUT2D eigenvalue weighted by molar-refractivity contribution is 5.89. The third-order valence-electron chi connectivity index (χ3n) is 4.06. The number of nitrogens with one attached hydrogen (secondary N) is 1. The number of hydrogen-bond acceptors (Lipinski definition) is 6. The summed E-state index contributed by atoms with van der Waals surface area (Å²) in [7, 11) is 3.89.